The van der Waals surface area contributed by atoms with Crippen LogP contribution in [-0.4, -0.2) is 35.7 Å². The molecule has 1 saturated heterocycles. The summed E-state index contributed by atoms with van der Waals surface area (Å²) in [5, 5.41) is 7.96. The maximum atomic E-state index is 13.7. The summed E-state index contributed by atoms with van der Waals surface area (Å²) in [5.74, 6) is -0.377. The summed E-state index contributed by atoms with van der Waals surface area (Å²) >= 11 is 0. The van der Waals surface area contributed by atoms with Crippen molar-refractivity contribution in [2.45, 2.75) is 78.0 Å². The molecule has 1 aliphatic carbocycles. The van der Waals surface area contributed by atoms with Crippen molar-refractivity contribution in [1.82, 2.24) is 4.90 Å². The Labute approximate surface area is 202 Å². The molecule has 2 fully saturated rings. The zero-order valence-corrected chi connectivity index (χ0v) is 21.0. The average Bonchev–Trinajstić information content (AvgIpc) is 3.16. The number of amides is 1. The number of likely N-dealkylation sites (tertiary alicyclic amines) is 1. The van der Waals surface area contributed by atoms with Crippen molar-refractivity contribution >= 4 is 11.6 Å². The van der Waals surface area contributed by atoms with Gasteiger partial charge >= 0.3 is 0 Å². The normalized spacial score (nSPS) is 25.4. The summed E-state index contributed by atoms with van der Waals surface area (Å²) in [6.45, 7) is 7.94. The first-order valence-corrected chi connectivity index (χ1v) is 12.2. The molecule has 34 heavy (non-hydrogen) atoms. The SMILES string of the molecule is CCC(C)/C=C\C=C(\OC1CC(C(=O)N2C(C)CCC2c2cc(F)cc(F)c2)C1)C(C)=N.CN. The van der Waals surface area contributed by atoms with Crippen molar-refractivity contribution < 1.29 is 18.3 Å². The number of nitrogens with two attached hydrogens (primary N) is 1. The molecule has 1 aromatic rings. The van der Waals surface area contributed by atoms with Gasteiger partial charge in [0.15, 0.2) is 0 Å². The molecule has 1 aliphatic heterocycles. The number of carbonyl (C=O) groups is 1. The average molecular weight is 476 g/mol. The van der Waals surface area contributed by atoms with Gasteiger partial charge in [-0.15, -0.1) is 0 Å². The minimum atomic E-state index is -0.618. The molecule has 5 nitrogen and oxygen atoms in total. The van der Waals surface area contributed by atoms with Crippen LogP contribution in [0.5, 0.6) is 0 Å². The quantitative estimate of drug-likeness (QED) is 0.279. The van der Waals surface area contributed by atoms with Crippen LogP contribution < -0.4 is 5.73 Å². The van der Waals surface area contributed by atoms with E-state index in [9.17, 15) is 13.6 Å². The van der Waals surface area contributed by atoms with E-state index in [0.717, 1.165) is 18.9 Å². The number of ether oxygens (including phenoxy) is 1. The molecule has 1 heterocycles. The second-order valence-corrected chi connectivity index (χ2v) is 9.22. The molecule has 0 aromatic heterocycles. The molecule has 1 amide bonds. The highest BCUT2D eigenvalue weighted by molar-refractivity contribution is 5.94. The first-order valence-electron chi connectivity index (χ1n) is 12.2. The Kier molecular flexibility index (Phi) is 10.4. The zero-order valence-electron chi connectivity index (χ0n) is 21.0. The zero-order chi connectivity index (χ0) is 25.4. The van der Waals surface area contributed by atoms with Gasteiger partial charge in [-0.25, -0.2) is 8.78 Å². The molecular weight excluding hydrogens is 436 g/mol. The maximum Gasteiger partial charge on any atom is 0.226 e. The molecule has 188 valence electrons. The maximum absolute atomic E-state index is 13.7. The summed E-state index contributed by atoms with van der Waals surface area (Å²) < 4.78 is 33.5. The molecule has 1 saturated carbocycles. The second-order valence-electron chi connectivity index (χ2n) is 9.22. The predicted molar refractivity (Wildman–Crippen MR) is 132 cm³/mol. The monoisotopic (exact) mass is 475 g/mol. The number of carbonyl (C=O) groups excluding carboxylic acids is 1. The molecule has 3 N–H and O–H groups in total. The summed E-state index contributed by atoms with van der Waals surface area (Å²) in [6.07, 6.45) is 9.47. The Hall–Kier alpha value is -2.54. The van der Waals surface area contributed by atoms with E-state index in [2.05, 4.69) is 25.7 Å². The topological polar surface area (TPSA) is 79.4 Å². The number of hydrogen-bond acceptors (Lipinski definition) is 4. The van der Waals surface area contributed by atoms with Crippen LogP contribution in [0.1, 0.15) is 71.4 Å². The van der Waals surface area contributed by atoms with E-state index in [4.69, 9.17) is 10.1 Å². The van der Waals surface area contributed by atoms with Crippen LogP contribution in [0, 0.1) is 28.9 Å². The fourth-order valence-corrected chi connectivity index (χ4v) is 4.43. The molecule has 3 rings (SSSR count). The minimum Gasteiger partial charge on any atom is -0.489 e. The Bertz CT molecular complexity index is 889. The Morgan fingerprint density at radius 1 is 1.24 bits per heavy atom. The molecule has 0 spiro atoms. The summed E-state index contributed by atoms with van der Waals surface area (Å²) in [7, 11) is 1.50. The number of nitrogens with one attached hydrogen (secondary N) is 1. The lowest BCUT2D eigenvalue weighted by atomic mass is 9.80. The highest BCUT2D eigenvalue weighted by Crippen LogP contribution is 2.41. The van der Waals surface area contributed by atoms with E-state index >= 15 is 0 Å². The van der Waals surface area contributed by atoms with E-state index in [-0.39, 0.29) is 30.0 Å². The van der Waals surface area contributed by atoms with Gasteiger partial charge in [-0.1, -0.05) is 32.4 Å². The van der Waals surface area contributed by atoms with Crippen LogP contribution >= 0.6 is 0 Å². The highest BCUT2D eigenvalue weighted by atomic mass is 19.1. The van der Waals surface area contributed by atoms with Gasteiger partial charge < -0.3 is 20.8 Å². The molecule has 0 radical (unpaired) electrons. The Morgan fingerprint density at radius 3 is 2.41 bits per heavy atom. The lowest BCUT2D eigenvalue weighted by Crippen LogP contribution is -2.46. The fraction of sp³-hybridized carbons (Fsp3) is 0.556. The number of allylic oxidation sites excluding steroid dienone is 4. The fourth-order valence-electron chi connectivity index (χ4n) is 4.43. The van der Waals surface area contributed by atoms with Crippen LogP contribution in [0.3, 0.4) is 0 Å². The lowest BCUT2D eigenvalue weighted by Gasteiger charge is -2.40. The van der Waals surface area contributed by atoms with E-state index in [1.165, 1.54) is 19.2 Å². The van der Waals surface area contributed by atoms with Crippen molar-refractivity contribution in [2.75, 3.05) is 7.05 Å². The smallest absolute Gasteiger partial charge is 0.226 e. The van der Waals surface area contributed by atoms with Crippen LogP contribution in [0.4, 0.5) is 8.78 Å². The largest absolute Gasteiger partial charge is 0.489 e. The first kappa shape index (κ1) is 27.7. The van der Waals surface area contributed by atoms with E-state index in [0.29, 0.717) is 42.2 Å². The lowest BCUT2D eigenvalue weighted by molar-refractivity contribution is -0.145. The molecule has 0 bridgehead atoms. The third kappa shape index (κ3) is 6.98. The number of benzene rings is 1. The van der Waals surface area contributed by atoms with Crippen LogP contribution in [0.2, 0.25) is 0 Å². The highest BCUT2D eigenvalue weighted by Gasteiger charge is 2.44. The predicted octanol–water partition coefficient (Wildman–Crippen LogP) is 5.91. The van der Waals surface area contributed by atoms with Gasteiger partial charge in [0.2, 0.25) is 5.91 Å². The van der Waals surface area contributed by atoms with E-state index in [1.54, 1.807) is 6.92 Å². The molecule has 3 atom stereocenters. The summed E-state index contributed by atoms with van der Waals surface area (Å²) in [6, 6.07) is 3.25. The number of halogens is 2. The molecular formula is C27H39F2N3O2. The number of rotatable bonds is 8. The van der Waals surface area contributed by atoms with Crippen molar-refractivity contribution in [3.63, 3.8) is 0 Å². The standard InChI is InChI=1S/C26H34F2N2O2.CH5N/c1-5-16(2)7-6-8-25(18(4)29)32-23-13-20(14-23)26(31)30-17(3)9-10-24(30)19-11-21(27)15-22(28)12-19;1-2/h6-8,11-12,15-17,20,23-24,29H,5,9-10,13-14H2,1-4H3;2H2,1H3/b7-6-,25-8+,29-18?;. The van der Waals surface area contributed by atoms with Gasteiger partial charge in [0, 0.05) is 18.0 Å². The molecule has 3 unspecified atom stereocenters. The summed E-state index contributed by atoms with van der Waals surface area (Å²) in [4.78, 5) is 15.1. The molecule has 7 heteroatoms. The van der Waals surface area contributed by atoms with Gasteiger partial charge in [0.25, 0.3) is 0 Å². The van der Waals surface area contributed by atoms with Crippen LogP contribution in [0.25, 0.3) is 0 Å². The van der Waals surface area contributed by atoms with Crippen LogP contribution in [0.15, 0.2) is 42.2 Å². The third-order valence-corrected chi connectivity index (χ3v) is 6.63. The Balaban J connectivity index is 0.00000199. The van der Waals surface area contributed by atoms with Gasteiger partial charge in [-0.2, -0.15) is 0 Å². The second kappa shape index (κ2) is 12.8. The number of hydrogen-bond donors (Lipinski definition) is 2. The van der Waals surface area contributed by atoms with Crippen LogP contribution in [-0.2, 0) is 9.53 Å². The van der Waals surface area contributed by atoms with Gasteiger partial charge in [-0.05, 0) is 76.3 Å². The number of nitrogens with zero attached hydrogens (tertiary/aromatic N) is 1. The Morgan fingerprint density at radius 2 is 1.85 bits per heavy atom. The minimum absolute atomic E-state index is 0.0262. The third-order valence-electron chi connectivity index (χ3n) is 6.63. The van der Waals surface area contributed by atoms with Gasteiger partial charge in [0.1, 0.15) is 23.5 Å². The van der Waals surface area contributed by atoms with Gasteiger partial charge in [0.05, 0.1) is 11.8 Å². The van der Waals surface area contributed by atoms with Gasteiger partial charge in [-0.3, -0.25) is 4.79 Å². The first-order chi connectivity index (χ1) is 16.2. The van der Waals surface area contributed by atoms with E-state index < -0.39 is 11.6 Å². The van der Waals surface area contributed by atoms with Crippen molar-refractivity contribution in [2.24, 2.45) is 17.6 Å². The molecule has 1 aromatic carbocycles. The van der Waals surface area contributed by atoms with Crippen molar-refractivity contribution in [3.05, 3.63) is 59.4 Å². The summed E-state index contributed by atoms with van der Waals surface area (Å²) in [5.41, 5.74) is 5.38. The van der Waals surface area contributed by atoms with E-state index in [1.807, 2.05) is 24.0 Å². The van der Waals surface area contributed by atoms with Crippen molar-refractivity contribution in [3.8, 4) is 0 Å². The molecule has 2 aliphatic rings. The van der Waals surface area contributed by atoms with Crippen molar-refractivity contribution in [1.29, 1.82) is 5.41 Å².